The summed E-state index contributed by atoms with van der Waals surface area (Å²) in [5.41, 5.74) is 0. The van der Waals surface area contributed by atoms with Crippen LogP contribution in [0.1, 0.15) is 32.6 Å². The van der Waals surface area contributed by atoms with Crippen molar-refractivity contribution in [2.75, 3.05) is 5.75 Å². The maximum Gasteiger partial charge on any atom is 0.230 e. The Morgan fingerprint density at radius 1 is 1.43 bits per heavy atom. The standard InChI is InChI=1S/C16H22N4O2S/c1-11-6-3-4-7-12(11)17-14(21)10-23-16-19-18-15(20(16)2)13-8-5-9-22-13/h5,8-9,11-12H,3-4,6-7,10H2,1-2H3,(H,17,21)/t11-,12-/m1/s1. The van der Waals surface area contributed by atoms with Crippen molar-refractivity contribution in [3.8, 4) is 11.6 Å². The number of carbonyl (C=O) groups excluding carboxylic acids is 1. The van der Waals surface area contributed by atoms with E-state index in [1.807, 2.05) is 23.7 Å². The van der Waals surface area contributed by atoms with Crippen molar-refractivity contribution in [2.24, 2.45) is 13.0 Å². The van der Waals surface area contributed by atoms with E-state index in [0.717, 1.165) is 6.42 Å². The fourth-order valence-corrected chi connectivity index (χ4v) is 3.69. The molecule has 3 rings (SSSR count). The van der Waals surface area contributed by atoms with Crippen LogP contribution in [-0.2, 0) is 11.8 Å². The van der Waals surface area contributed by atoms with E-state index in [1.54, 1.807) is 6.26 Å². The highest BCUT2D eigenvalue weighted by Gasteiger charge is 2.23. The molecule has 0 aromatic carbocycles. The molecule has 0 radical (unpaired) electrons. The summed E-state index contributed by atoms with van der Waals surface area (Å²) in [5.74, 6) is 2.33. The first-order valence-corrected chi connectivity index (χ1v) is 8.99. The normalized spacial score (nSPS) is 21.3. The molecule has 0 bridgehead atoms. The largest absolute Gasteiger partial charge is 0.461 e. The summed E-state index contributed by atoms with van der Waals surface area (Å²) in [7, 11) is 1.88. The van der Waals surface area contributed by atoms with Gasteiger partial charge in [-0.25, -0.2) is 0 Å². The first kappa shape index (κ1) is 16.1. The van der Waals surface area contributed by atoms with Crippen molar-refractivity contribution in [3.05, 3.63) is 18.4 Å². The van der Waals surface area contributed by atoms with E-state index >= 15 is 0 Å². The van der Waals surface area contributed by atoms with Gasteiger partial charge in [-0.3, -0.25) is 4.79 Å². The maximum absolute atomic E-state index is 12.2. The van der Waals surface area contributed by atoms with Crippen LogP contribution in [0, 0.1) is 5.92 Å². The van der Waals surface area contributed by atoms with Crippen LogP contribution >= 0.6 is 11.8 Å². The first-order chi connectivity index (χ1) is 11.1. The number of thioether (sulfide) groups is 1. The molecule has 1 aliphatic carbocycles. The van der Waals surface area contributed by atoms with Crippen molar-refractivity contribution in [1.29, 1.82) is 0 Å². The van der Waals surface area contributed by atoms with Gasteiger partial charge in [0.05, 0.1) is 12.0 Å². The first-order valence-electron chi connectivity index (χ1n) is 8.00. The van der Waals surface area contributed by atoms with E-state index in [0.29, 0.717) is 34.5 Å². The Hall–Kier alpha value is -1.76. The Balaban J connectivity index is 1.55. The van der Waals surface area contributed by atoms with E-state index in [4.69, 9.17) is 4.42 Å². The Bertz CT molecular complexity index is 653. The zero-order valence-electron chi connectivity index (χ0n) is 13.5. The lowest BCUT2D eigenvalue weighted by atomic mass is 9.86. The Morgan fingerprint density at radius 3 is 3.00 bits per heavy atom. The van der Waals surface area contributed by atoms with Gasteiger partial charge in [0.2, 0.25) is 5.91 Å². The monoisotopic (exact) mass is 334 g/mol. The molecule has 6 nitrogen and oxygen atoms in total. The number of rotatable bonds is 5. The van der Waals surface area contributed by atoms with Crippen LogP contribution in [0.4, 0.5) is 0 Å². The molecule has 7 heteroatoms. The van der Waals surface area contributed by atoms with Crippen molar-refractivity contribution in [1.82, 2.24) is 20.1 Å². The number of nitrogens with one attached hydrogen (secondary N) is 1. The minimum absolute atomic E-state index is 0.0660. The number of carbonyl (C=O) groups is 1. The van der Waals surface area contributed by atoms with E-state index < -0.39 is 0 Å². The number of furan rings is 1. The van der Waals surface area contributed by atoms with Crippen LogP contribution in [0.25, 0.3) is 11.6 Å². The number of amides is 1. The van der Waals surface area contributed by atoms with E-state index in [1.165, 1.54) is 31.0 Å². The molecule has 1 N–H and O–H groups in total. The number of nitrogens with zero attached hydrogens (tertiary/aromatic N) is 3. The highest BCUT2D eigenvalue weighted by atomic mass is 32.2. The molecule has 124 valence electrons. The number of aromatic nitrogens is 3. The SMILES string of the molecule is C[C@@H]1CCCC[C@H]1NC(=O)CSc1nnc(-c2ccco2)n1C. The van der Waals surface area contributed by atoms with Gasteiger partial charge in [0.1, 0.15) is 0 Å². The molecule has 0 unspecified atom stereocenters. The van der Waals surface area contributed by atoms with Crippen LogP contribution in [0.15, 0.2) is 28.0 Å². The molecule has 2 aromatic rings. The van der Waals surface area contributed by atoms with Crippen LogP contribution in [0.3, 0.4) is 0 Å². The van der Waals surface area contributed by atoms with Gasteiger partial charge in [-0.2, -0.15) is 0 Å². The fourth-order valence-electron chi connectivity index (χ4n) is 2.97. The van der Waals surface area contributed by atoms with Gasteiger partial charge in [0.15, 0.2) is 16.7 Å². The zero-order chi connectivity index (χ0) is 16.2. The smallest absolute Gasteiger partial charge is 0.230 e. The Labute approximate surface area is 140 Å². The summed E-state index contributed by atoms with van der Waals surface area (Å²) in [6.07, 6.45) is 6.38. The molecule has 1 saturated carbocycles. The summed E-state index contributed by atoms with van der Waals surface area (Å²) in [4.78, 5) is 12.2. The third kappa shape index (κ3) is 3.77. The highest BCUT2D eigenvalue weighted by Crippen LogP contribution is 2.25. The van der Waals surface area contributed by atoms with Crippen molar-refractivity contribution < 1.29 is 9.21 Å². The van der Waals surface area contributed by atoms with Crippen LogP contribution in [0.5, 0.6) is 0 Å². The predicted molar refractivity (Wildman–Crippen MR) is 89.0 cm³/mol. The minimum atomic E-state index is 0.0660. The third-order valence-electron chi connectivity index (χ3n) is 4.37. The fraction of sp³-hybridized carbons (Fsp3) is 0.562. The minimum Gasteiger partial charge on any atom is -0.461 e. The highest BCUT2D eigenvalue weighted by molar-refractivity contribution is 7.99. The molecule has 23 heavy (non-hydrogen) atoms. The van der Waals surface area contributed by atoms with Crippen molar-refractivity contribution in [2.45, 2.75) is 43.8 Å². The van der Waals surface area contributed by atoms with Gasteiger partial charge in [0.25, 0.3) is 0 Å². The van der Waals surface area contributed by atoms with Crippen LogP contribution < -0.4 is 5.32 Å². The molecule has 2 atom stereocenters. The van der Waals surface area contributed by atoms with Gasteiger partial charge in [-0.1, -0.05) is 31.5 Å². The van der Waals surface area contributed by atoms with Gasteiger partial charge in [-0.15, -0.1) is 10.2 Å². The lowest BCUT2D eigenvalue weighted by molar-refractivity contribution is -0.119. The second-order valence-corrected chi connectivity index (χ2v) is 7.01. The molecule has 1 amide bonds. The predicted octanol–water partition coefficient (Wildman–Crippen LogP) is 2.86. The number of hydrogen-bond acceptors (Lipinski definition) is 5. The van der Waals surface area contributed by atoms with E-state index in [2.05, 4.69) is 22.4 Å². The second kappa shape index (κ2) is 7.21. The summed E-state index contributed by atoms with van der Waals surface area (Å²) in [6.45, 7) is 2.22. The zero-order valence-corrected chi connectivity index (χ0v) is 14.3. The summed E-state index contributed by atoms with van der Waals surface area (Å²) < 4.78 is 7.19. The molecule has 2 heterocycles. The lowest BCUT2D eigenvalue weighted by Gasteiger charge is -2.29. The van der Waals surface area contributed by atoms with Gasteiger partial charge >= 0.3 is 0 Å². The lowest BCUT2D eigenvalue weighted by Crippen LogP contribution is -2.41. The molecule has 2 aromatic heterocycles. The molecule has 0 saturated heterocycles. The molecule has 0 aliphatic heterocycles. The van der Waals surface area contributed by atoms with Crippen molar-refractivity contribution >= 4 is 17.7 Å². The van der Waals surface area contributed by atoms with Gasteiger partial charge < -0.3 is 14.3 Å². The number of hydrogen-bond donors (Lipinski definition) is 1. The molecule has 1 aliphatic rings. The van der Waals surface area contributed by atoms with Crippen LogP contribution in [-0.4, -0.2) is 32.5 Å². The Morgan fingerprint density at radius 2 is 2.26 bits per heavy atom. The third-order valence-corrected chi connectivity index (χ3v) is 5.39. The van der Waals surface area contributed by atoms with Gasteiger partial charge in [0, 0.05) is 13.1 Å². The molecule has 0 spiro atoms. The summed E-state index contributed by atoms with van der Waals surface area (Å²) in [6, 6.07) is 3.97. The summed E-state index contributed by atoms with van der Waals surface area (Å²) in [5, 5.41) is 12.1. The topological polar surface area (TPSA) is 73.0 Å². The maximum atomic E-state index is 12.2. The molecular formula is C16H22N4O2S. The average Bonchev–Trinajstić information content (AvgIpc) is 3.17. The van der Waals surface area contributed by atoms with E-state index in [-0.39, 0.29) is 5.91 Å². The molecular weight excluding hydrogens is 312 g/mol. The van der Waals surface area contributed by atoms with Crippen molar-refractivity contribution in [3.63, 3.8) is 0 Å². The molecule has 1 fully saturated rings. The summed E-state index contributed by atoms with van der Waals surface area (Å²) >= 11 is 1.40. The van der Waals surface area contributed by atoms with Gasteiger partial charge in [-0.05, 0) is 30.9 Å². The second-order valence-electron chi connectivity index (χ2n) is 6.07. The average molecular weight is 334 g/mol. The van der Waals surface area contributed by atoms with E-state index in [9.17, 15) is 4.79 Å². The quantitative estimate of drug-likeness (QED) is 0.851. The Kier molecular flexibility index (Phi) is 5.05. The van der Waals surface area contributed by atoms with Crippen LogP contribution in [0.2, 0.25) is 0 Å².